The highest BCUT2D eigenvalue weighted by atomic mass is 16.3. The van der Waals surface area contributed by atoms with Gasteiger partial charge in [-0.15, -0.1) is 0 Å². The number of para-hydroxylation sites is 7. The Hall–Kier alpha value is -7.64. The number of nitrogens with zero attached hydrogens (tertiary/aromatic N) is 6. The predicted octanol–water partition coefficient (Wildman–Crippen LogP) is 11.9. The minimum Gasteiger partial charge on any atom is -0.452 e. The zero-order valence-corrected chi connectivity index (χ0v) is 29.3. The number of imidazole rings is 2. The molecule has 0 aliphatic carbocycles. The molecule has 0 N–H and O–H groups in total. The topological polar surface area (TPSA) is 58.1 Å². The van der Waals surface area contributed by atoms with Crippen molar-refractivity contribution < 1.29 is 4.42 Å². The Morgan fingerprint density at radius 1 is 0.400 bits per heavy atom. The minimum absolute atomic E-state index is 0.690. The van der Waals surface area contributed by atoms with Crippen molar-refractivity contribution in [2.45, 2.75) is 0 Å². The minimum atomic E-state index is 0.690. The quantitative estimate of drug-likeness (QED) is 0.184. The van der Waals surface area contributed by atoms with Gasteiger partial charge in [0.2, 0.25) is 5.78 Å². The van der Waals surface area contributed by atoms with E-state index < -0.39 is 0 Å². The van der Waals surface area contributed by atoms with Gasteiger partial charge in [0, 0.05) is 38.5 Å². The lowest BCUT2D eigenvalue weighted by Crippen LogP contribution is -2.03. The van der Waals surface area contributed by atoms with E-state index in [4.69, 9.17) is 14.4 Å². The van der Waals surface area contributed by atoms with Crippen molar-refractivity contribution in [3.05, 3.63) is 170 Å². The van der Waals surface area contributed by atoms with E-state index in [-0.39, 0.29) is 0 Å². The Kier molecular flexibility index (Phi) is 5.51. The van der Waals surface area contributed by atoms with E-state index in [1.165, 1.54) is 21.5 Å². The maximum absolute atomic E-state index is 6.70. The van der Waals surface area contributed by atoms with Crippen molar-refractivity contribution >= 4 is 93.4 Å². The van der Waals surface area contributed by atoms with Crippen molar-refractivity contribution in [2.75, 3.05) is 0 Å². The number of benzene rings is 7. The molecular weight excluding hydrogens is 677 g/mol. The Bertz CT molecular complexity index is 3630. The summed E-state index contributed by atoms with van der Waals surface area (Å²) in [7, 11) is 0. The van der Waals surface area contributed by atoms with Crippen molar-refractivity contribution in [3.63, 3.8) is 0 Å². The van der Waals surface area contributed by atoms with Crippen LogP contribution in [0, 0.1) is 0 Å². The zero-order chi connectivity index (χ0) is 35.8. The molecule has 7 aromatic carbocycles. The van der Waals surface area contributed by atoms with Crippen LogP contribution in [-0.4, -0.2) is 28.1 Å². The number of furan rings is 1. The highest BCUT2D eigenvalue weighted by Crippen LogP contribution is 2.41. The molecule has 0 atom stereocenters. The third kappa shape index (κ3) is 3.68. The summed E-state index contributed by atoms with van der Waals surface area (Å²) in [5.41, 5.74) is 12.1. The van der Waals surface area contributed by atoms with Gasteiger partial charge in [0.15, 0.2) is 11.4 Å². The van der Waals surface area contributed by atoms with Gasteiger partial charge in [-0.2, -0.15) is 0 Å². The Balaban J connectivity index is 1.22. The first-order valence-electron chi connectivity index (χ1n) is 18.5. The van der Waals surface area contributed by atoms with Crippen molar-refractivity contribution in [3.8, 4) is 17.2 Å². The molecule has 13 rings (SSSR count). The van der Waals surface area contributed by atoms with E-state index in [0.29, 0.717) is 5.82 Å². The van der Waals surface area contributed by atoms with Gasteiger partial charge in [-0.3, -0.25) is 8.97 Å². The zero-order valence-electron chi connectivity index (χ0n) is 29.3. The van der Waals surface area contributed by atoms with E-state index in [2.05, 4.69) is 164 Å². The lowest BCUT2D eigenvalue weighted by molar-refractivity contribution is 0.663. The third-order valence-electron chi connectivity index (χ3n) is 11.4. The van der Waals surface area contributed by atoms with Gasteiger partial charge in [0.1, 0.15) is 11.1 Å². The lowest BCUT2D eigenvalue weighted by Gasteiger charge is -2.13. The maximum atomic E-state index is 6.70. The fourth-order valence-electron chi connectivity index (χ4n) is 9.21. The van der Waals surface area contributed by atoms with E-state index in [1.54, 1.807) is 0 Å². The van der Waals surface area contributed by atoms with Crippen LogP contribution in [0.2, 0.25) is 0 Å². The van der Waals surface area contributed by atoms with Crippen LogP contribution in [-0.2, 0) is 0 Å². The number of rotatable bonds is 3. The van der Waals surface area contributed by atoms with Gasteiger partial charge in [0.05, 0.1) is 50.0 Å². The molecule has 6 heterocycles. The second kappa shape index (κ2) is 10.5. The normalized spacial score (nSPS) is 12.4. The second-order valence-electron chi connectivity index (χ2n) is 14.2. The number of pyridine rings is 1. The van der Waals surface area contributed by atoms with Crippen LogP contribution in [0.3, 0.4) is 0 Å². The van der Waals surface area contributed by atoms with Crippen LogP contribution < -0.4 is 0 Å². The molecule has 0 radical (unpaired) electrons. The average Bonchev–Trinajstić information content (AvgIpc) is 4.04. The first-order valence-corrected chi connectivity index (χ1v) is 18.5. The average molecular weight is 705 g/mol. The van der Waals surface area contributed by atoms with Crippen LogP contribution in [0.15, 0.2) is 174 Å². The van der Waals surface area contributed by atoms with Gasteiger partial charge in [-0.1, -0.05) is 103 Å². The summed E-state index contributed by atoms with van der Waals surface area (Å²) in [4.78, 5) is 10.7. The van der Waals surface area contributed by atoms with Crippen LogP contribution >= 0.6 is 0 Å². The van der Waals surface area contributed by atoms with Crippen LogP contribution in [0.1, 0.15) is 0 Å². The van der Waals surface area contributed by atoms with Gasteiger partial charge in [-0.25, -0.2) is 9.97 Å². The molecule has 0 aliphatic heterocycles. The molecule has 0 amide bonds. The van der Waals surface area contributed by atoms with E-state index in [9.17, 15) is 0 Å². The largest absolute Gasteiger partial charge is 0.452 e. The number of hydrogen-bond acceptors (Lipinski definition) is 3. The van der Waals surface area contributed by atoms with Gasteiger partial charge in [-0.05, 0) is 60.7 Å². The van der Waals surface area contributed by atoms with Crippen LogP contribution in [0.25, 0.3) is 111 Å². The van der Waals surface area contributed by atoms with E-state index in [1.807, 2.05) is 24.4 Å². The summed E-state index contributed by atoms with van der Waals surface area (Å²) < 4.78 is 15.9. The molecule has 0 saturated carbocycles. The smallest absolute Gasteiger partial charge is 0.222 e. The van der Waals surface area contributed by atoms with Gasteiger partial charge in [0.25, 0.3) is 0 Å². The number of aromatic nitrogens is 6. The molecule has 13 aromatic rings. The van der Waals surface area contributed by atoms with Crippen LogP contribution in [0.4, 0.5) is 0 Å². The summed E-state index contributed by atoms with van der Waals surface area (Å²) in [6.45, 7) is 0. The molecular formula is C48H28N6O. The molecule has 256 valence electrons. The van der Waals surface area contributed by atoms with Crippen LogP contribution in [0.5, 0.6) is 0 Å². The molecule has 0 unspecified atom stereocenters. The summed E-state index contributed by atoms with van der Waals surface area (Å²) in [6, 6.07) is 57.9. The summed E-state index contributed by atoms with van der Waals surface area (Å²) in [5.74, 6) is 1.45. The fraction of sp³-hybridized carbons (Fsp3) is 0. The molecule has 55 heavy (non-hydrogen) atoms. The van der Waals surface area contributed by atoms with E-state index >= 15 is 0 Å². The first-order chi connectivity index (χ1) is 27.3. The number of fused-ring (bicyclic) bond motifs is 14. The maximum Gasteiger partial charge on any atom is 0.222 e. The molecule has 0 fully saturated rings. The van der Waals surface area contributed by atoms with Crippen molar-refractivity contribution in [2.24, 2.45) is 0 Å². The standard InChI is InChI=1S/C48H28N6O/c1-6-18-35-29(13-1)30-14-2-7-19-36(30)51(35)39-22-11-23-40-44(39)50-48-53(40)42-25-12-24-41(52-37-20-8-3-15-31(37)32-16-4-9-21-38(32)52)45(42)54(48)47-46-34(27-28-49-47)33-17-5-10-26-43(33)55-46/h1-28H. The molecule has 7 nitrogen and oxygen atoms in total. The molecule has 6 aromatic heterocycles. The Morgan fingerprint density at radius 3 is 1.55 bits per heavy atom. The Labute approximate surface area is 312 Å². The summed E-state index contributed by atoms with van der Waals surface area (Å²) in [5, 5.41) is 6.90. The lowest BCUT2D eigenvalue weighted by atomic mass is 10.2. The fourth-order valence-corrected chi connectivity index (χ4v) is 9.21. The molecule has 0 bridgehead atoms. The van der Waals surface area contributed by atoms with Gasteiger partial charge < -0.3 is 13.6 Å². The van der Waals surface area contributed by atoms with Crippen molar-refractivity contribution in [1.82, 2.24) is 28.1 Å². The Morgan fingerprint density at radius 2 is 0.909 bits per heavy atom. The van der Waals surface area contributed by atoms with Gasteiger partial charge >= 0.3 is 0 Å². The molecule has 0 aliphatic rings. The molecule has 0 saturated heterocycles. The summed E-state index contributed by atoms with van der Waals surface area (Å²) >= 11 is 0. The SMILES string of the molecule is c1ccc2c(c1)oc1c(-n3c4c(-n5c6ccccc6c6ccccc65)cccc4n4c5cccc(-n6c7ccccc7c7ccccc76)c5nc34)nccc12. The number of hydrogen-bond donors (Lipinski definition) is 0. The first kappa shape index (κ1) is 28.9. The summed E-state index contributed by atoms with van der Waals surface area (Å²) in [6.07, 6.45) is 1.89. The monoisotopic (exact) mass is 704 g/mol. The second-order valence-corrected chi connectivity index (χ2v) is 14.2. The highest BCUT2D eigenvalue weighted by molar-refractivity contribution is 6.13. The third-order valence-corrected chi connectivity index (χ3v) is 11.4. The molecule has 0 spiro atoms. The van der Waals surface area contributed by atoms with Crippen molar-refractivity contribution in [1.29, 1.82) is 0 Å². The molecule has 7 heteroatoms. The highest BCUT2D eigenvalue weighted by Gasteiger charge is 2.27. The predicted molar refractivity (Wildman–Crippen MR) is 223 cm³/mol. The van der Waals surface area contributed by atoms with E-state index in [0.717, 1.165) is 83.2 Å².